The van der Waals surface area contributed by atoms with Gasteiger partial charge in [-0.1, -0.05) is 30.3 Å². The Labute approximate surface area is 146 Å². The van der Waals surface area contributed by atoms with Gasteiger partial charge in [-0.15, -0.1) is 0 Å². The van der Waals surface area contributed by atoms with Crippen LogP contribution in [0.2, 0.25) is 0 Å². The van der Waals surface area contributed by atoms with Crippen molar-refractivity contribution in [1.29, 1.82) is 0 Å². The van der Waals surface area contributed by atoms with Crippen LogP contribution in [0.5, 0.6) is 0 Å². The molecule has 25 heavy (non-hydrogen) atoms. The smallest absolute Gasteiger partial charge is 0.251 e. The van der Waals surface area contributed by atoms with Crippen molar-refractivity contribution >= 4 is 5.91 Å². The Morgan fingerprint density at radius 1 is 1.12 bits per heavy atom. The predicted molar refractivity (Wildman–Crippen MR) is 94.6 cm³/mol. The molecule has 0 spiro atoms. The molecule has 0 radical (unpaired) electrons. The third-order valence-corrected chi connectivity index (χ3v) is 3.94. The molecule has 1 atom stereocenters. The van der Waals surface area contributed by atoms with Gasteiger partial charge in [0.2, 0.25) is 0 Å². The maximum Gasteiger partial charge on any atom is 0.251 e. The zero-order valence-electron chi connectivity index (χ0n) is 14.2. The first kappa shape index (κ1) is 16.9. The van der Waals surface area contributed by atoms with E-state index in [2.05, 4.69) is 15.4 Å². The van der Waals surface area contributed by atoms with E-state index in [1.54, 1.807) is 16.8 Å². The van der Waals surface area contributed by atoms with Crippen molar-refractivity contribution in [2.45, 2.75) is 19.9 Å². The molecular weight excluding hydrogens is 316 g/mol. The lowest BCUT2D eigenvalue weighted by molar-refractivity contribution is 0.0916. The summed E-state index contributed by atoms with van der Waals surface area (Å²) >= 11 is 0. The summed E-state index contributed by atoms with van der Waals surface area (Å²) in [5, 5.41) is 16.7. The number of nitrogens with zero attached hydrogens (tertiary/aromatic N) is 3. The lowest BCUT2D eigenvalue weighted by Crippen LogP contribution is -2.30. The van der Waals surface area contributed by atoms with Crippen LogP contribution in [0.25, 0.3) is 5.69 Å². The Bertz CT molecular complexity index is 857. The molecule has 6 heteroatoms. The minimum Gasteiger partial charge on any atom is -0.394 e. The molecule has 3 aromatic rings. The van der Waals surface area contributed by atoms with Gasteiger partial charge in [0.05, 0.1) is 18.3 Å². The number of hydrogen-bond acceptors (Lipinski definition) is 4. The number of aromatic nitrogens is 3. The molecule has 0 unspecified atom stereocenters. The van der Waals surface area contributed by atoms with E-state index < -0.39 is 6.04 Å². The van der Waals surface area contributed by atoms with Crippen molar-refractivity contribution in [1.82, 2.24) is 20.1 Å². The first-order valence-corrected chi connectivity index (χ1v) is 8.06. The fraction of sp³-hybridized carbons (Fsp3) is 0.211. The minimum absolute atomic E-state index is 0.161. The van der Waals surface area contributed by atoms with Crippen molar-refractivity contribution in [3.8, 4) is 5.69 Å². The van der Waals surface area contributed by atoms with Crippen LogP contribution in [0, 0.1) is 13.8 Å². The molecule has 0 bridgehead atoms. The highest BCUT2D eigenvalue weighted by Gasteiger charge is 2.15. The second kappa shape index (κ2) is 7.27. The normalized spacial score (nSPS) is 12.0. The van der Waals surface area contributed by atoms with Gasteiger partial charge in [-0.05, 0) is 43.7 Å². The average molecular weight is 336 g/mol. The van der Waals surface area contributed by atoms with E-state index in [-0.39, 0.29) is 12.5 Å². The van der Waals surface area contributed by atoms with Gasteiger partial charge in [0.15, 0.2) is 0 Å². The summed E-state index contributed by atoms with van der Waals surface area (Å²) in [6.45, 7) is 3.56. The number of aryl methyl sites for hydroxylation is 2. The van der Waals surface area contributed by atoms with Gasteiger partial charge in [-0.2, -0.15) is 5.10 Å². The zero-order chi connectivity index (χ0) is 17.8. The number of carbonyl (C=O) groups is 1. The maximum atomic E-state index is 12.4. The van der Waals surface area contributed by atoms with E-state index in [0.29, 0.717) is 11.4 Å². The molecular formula is C19H20N4O2. The van der Waals surface area contributed by atoms with Crippen LogP contribution in [0.15, 0.2) is 54.6 Å². The van der Waals surface area contributed by atoms with Gasteiger partial charge < -0.3 is 10.4 Å². The summed E-state index contributed by atoms with van der Waals surface area (Å²) in [6.07, 6.45) is 0. The van der Waals surface area contributed by atoms with Gasteiger partial charge in [0.1, 0.15) is 11.6 Å². The molecule has 6 nitrogen and oxygen atoms in total. The van der Waals surface area contributed by atoms with Crippen LogP contribution in [-0.4, -0.2) is 32.4 Å². The molecule has 0 saturated heterocycles. The number of aliphatic hydroxyl groups is 1. The highest BCUT2D eigenvalue weighted by atomic mass is 16.3. The second-order valence-electron chi connectivity index (χ2n) is 5.78. The molecule has 0 aliphatic rings. The van der Waals surface area contributed by atoms with Gasteiger partial charge in [0, 0.05) is 5.56 Å². The number of nitrogens with one attached hydrogen (secondary N) is 1. The quantitative estimate of drug-likeness (QED) is 0.749. The lowest BCUT2D eigenvalue weighted by atomic mass is 10.1. The topological polar surface area (TPSA) is 80.0 Å². The average Bonchev–Trinajstić information content (AvgIpc) is 2.98. The molecule has 1 aromatic heterocycles. The zero-order valence-corrected chi connectivity index (χ0v) is 14.2. The van der Waals surface area contributed by atoms with Crippen molar-refractivity contribution in [2.24, 2.45) is 0 Å². The lowest BCUT2D eigenvalue weighted by Gasteiger charge is -2.17. The maximum absolute atomic E-state index is 12.4. The largest absolute Gasteiger partial charge is 0.394 e. The Hall–Kier alpha value is -2.99. The number of amides is 1. The minimum atomic E-state index is -0.436. The standard InChI is InChI=1S/C19H20N4O2/c1-13-20-14(2)23(22-13)17-10-8-16(9-11-17)19(25)21-18(12-24)15-6-4-3-5-7-15/h3-11,18,24H,12H2,1-2H3,(H,21,25)/t18-/m1/s1. The van der Waals surface area contributed by atoms with Gasteiger partial charge >= 0.3 is 0 Å². The predicted octanol–water partition coefficient (Wildman–Crippen LogP) is 2.35. The third kappa shape index (κ3) is 3.75. The molecule has 2 aromatic carbocycles. The van der Waals surface area contributed by atoms with Crippen LogP contribution in [0.1, 0.15) is 33.6 Å². The monoisotopic (exact) mass is 336 g/mol. The highest BCUT2D eigenvalue weighted by molar-refractivity contribution is 5.94. The Morgan fingerprint density at radius 3 is 2.36 bits per heavy atom. The van der Waals surface area contributed by atoms with E-state index >= 15 is 0 Å². The number of carbonyl (C=O) groups excluding carboxylic acids is 1. The van der Waals surface area contributed by atoms with Gasteiger partial charge in [0.25, 0.3) is 5.91 Å². The van der Waals surface area contributed by atoms with E-state index in [1.165, 1.54) is 0 Å². The summed E-state index contributed by atoms with van der Waals surface area (Å²) in [7, 11) is 0. The molecule has 0 saturated carbocycles. The molecule has 0 aliphatic heterocycles. The first-order valence-electron chi connectivity index (χ1n) is 8.06. The Morgan fingerprint density at radius 2 is 1.80 bits per heavy atom. The van der Waals surface area contributed by atoms with E-state index in [0.717, 1.165) is 17.1 Å². The van der Waals surface area contributed by atoms with Crippen LogP contribution < -0.4 is 5.32 Å². The van der Waals surface area contributed by atoms with Crippen LogP contribution in [0.4, 0.5) is 0 Å². The Balaban J connectivity index is 1.75. The molecule has 0 aliphatic carbocycles. The second-order valence-corrected chi connectivity index (χ2v) is 5.78. The van der Waals surface area contributed by atoms with E-state index in [4.69, 9.17) is 0 Å². The fourth-order valence-electron chi connectivity index (χ4n) is 2.68. The van der Waals surface area contributed by atoms with Crippen LogP contribution in [0.3, 0.4) is 0 Å². The molecule has 128 valence electrons. The highest BCUT2D eigenvalue weighted by Crippen LogP contribution is 2.15. The Kier molecular flexibility index (Phi) is 4.90. The molecule has 1 amide bonds. The van der Waals surface area contributed by atoms with Crippen molar-refractivity contribution < 1.29 is 9.90 Å². The fourth-order valence-corrected chi connectivity index (χ4v) is 2.68. The number of rotatable bonds is 5. The van der Waals surface area contributed by atoms with E-state index in [1.807, 2.05) is 56.3 Å². The summed E-state index contributed by atoms with van der Waals surface area (Å²) < 4.78 is 1.73. The van der Waals surface area contributed by atoms with Crippen LogP contribution in [-0.2, 0) is 0 Å². The molecule has 1 heterocycles. The molecule has 3 rings (SSSR count). The van der Waals surface area contributed by atoms with Gasteiger partial charge in [-0.25, -0.2) is 9.67 Å². The first-order chi connectivity index (χ1) is 12.1. The van der Waals surface area contributed by atoms with Crippen molar-refractivity contribution in [3.63, 3.8) is 0 Å². The van der Waals surface area contributed by atoms with Crippen molar-refractivity contribution in [3.05, 3.63) is 77.4 Å². The SMILES string of the molecule is Cc1nc(C)n(-c2ccc(C(=O)N[C@H](CO)c3ccccc3)cc2)n1. The van der Waals surface area contributed by atoms with E-state index in [9.17, 15) is 9.90 Å². The van der Waals surface area contributed by atoms with Gasteiger partial charge in [-0.3, -0.25) is 4.79 Å². The summed E-state index contributed by atoms with van der Waals surface area (Å²) in [5.74, 6) is 1.26. The van der Waals surface area contributed by atoms with Crippen LogP contribution >= 0.6 is 0 Å². The number of benzene rings is 2. The number of aliphatic hydroxyl groups excluding tert-OH is 1. The number of hydrogen-bond donors (Lipinski definition) is 2. The molecule has 0 fully saturated rings. The van der Waals surface area contributed by atoms with Crippen molar-refractivity contribution in [2.75, 3.05) is 6.61 Å². The summed E-state index contributed by atoms with van der Waals surface area (Å²) in [5.41, 5.74) is 2.23. The third-order valence-electron chi connectivity index (χ3n) is 3.94. The molecule has 2 N–H and O–H groups in total. The summed E-state index contributed by atoms with van der Waals surface area (Å²) in [4.78, 5) is 16.7. The summed E-state index contributed by atoms with van der Waals surface area (Å²) in [6, 6.07) is 16.1.